The fourth-order valence-corrected chi connectivity index (χ4v) is 7.12. The van der Waals surface area contributed by atoms with Gasteiger partial charge in [-0.15, -0.1) is 0 Å². The monoisotopic (exact) mass is 867 g/mol. The Morgan fingerprint density at radius 3 is 0.806 bits per heavy atom. The Bertz CT molecular complexity index is 1320. The van der Waals surface area contributed by atoms with Gasteiger partial charge in [-0.2, -0.15) is 0 Å². The first-order valence-electron chi connectivity index (χ1n) is 21.5. The van der Waals surface area contributed by atoms with E-state index in [1.807, 2.05) is 54.7 Å². The SMILES string of the molecule is COC(=O)C1CC=CCC1.O=C(OCC(COC(=O)C1CC=CCC1)(COC(=O)C1CC=CCC1)COC(=O)C1CC=CCC1)C1CC=CCC1.OCC(CO)(CO)CO.[Li+].[NH2-]. The van der Waals surface area contributed by atoms with Crippen molar-refractivity contribution in [3.63, 3.8) is 0 Å². The molecule has 0 fully saturated rings. The van der Waals surface area contributed by atoms with E-state index < -0.39 is 37.3 Å². The third-order valence-electron chi connectivity index (χ3n) is 11.6. The van der Waals surface area contributed by atoms with Crippen molar-refractivity contribution < 1.29 is 86.9 Å². The molecule has 5 aliphatic rings. The summed E-state index contributed by atoms with van der Waals surface area (Å²) in [5.74, 6) is -2.40. The van der Waals surface area contributed by atoms with Gasteiger partial charge in [-0.25, -0.2) is 0 Å². The van der Waals surface area contributed by atoms with Crippen molar-refractivity contribution in [1.29, 1.82) is 0 Å². The molecule has 5 rings (SSSR count). The minimum Gasteiger partial charge on any atom is -0.693 e. The molecule has 16 heteroatoms. The zero-order valence-electron chi connectivity index (χ0n) is 36.9. The predicted octanol–water partition coefficient (Wildman–Crippen LogP) is 2.75. The summed E-state index contributed by atoms with van der Waals surface area (Å²) >= 11 is 0. The van der Waals surface area contributed by atoms with E-state index in [-0.39, 0.29) is 111 Å². The maximum absolute atomic E-state index is 13.0. The van der Waals surface area contributed by atoms with E-state index in [9.17, 15) is 24.0 Å². The standard InChI is InChI=1S/C33H44O8.C8H12O2.C5H12O4.Li.H2N/c34-29(25-13-5-1-6-14-25)38-21-33(22-39-30(35)26-15-7-2-8-16-26,23-40-31(36)27-17-9-3-10-18-27)24-41-32(37)28-19-11-4-12-20-28;1-10-8(9)7-5-3-2-4-6-7;6-1-5(2-7,3-8)4-9;;/h1-5,7,9,11,25-28H,6,8,10,12-24H2;2-3,7H,4-6H2,1H3;6-9H,1-4H2;;1H2/q;;;+1;-1. The van der Waals surface area contributed by atoms with Crippen LogP contribution in [-0.4, -0.2) is 110 Å². The topological polar surface area (TPSA) is 246 Å². The quantitative estimate of drug-likeness (QED) is 0.0711. The van der Waals surface area contributed by atoms with Crippen LogP contribution in [0.5, 0.6) is 0 Å². The third kappa shape index (κ3) is 19.5. The van der Waals surface area contributed by atoms with Crippen molar-refractivity contribution >= 4 is 29.8 Å². The second-order valence-electron chi connectivity index (χ2n) is 16.5. The van der Waals surface area contributed by atoms with Crippen LogP contribution in [0.3, 0.4) is 0 Å². The molecule has 0 saturated carbocycles. The molecule has 5 unspecified atom stereocenters. The molecular weight excluding hydrogens is 797 g/mol. The van der Waals surface area contributed by atoms with Crippen molar-refractivity contribution in [2.75, 3.05) is 60.0 Å². The number of methoxy groups -OCH3 is 1. The second-order valence-corrected chi connectivity index (χ2v) is 16.5. The first kappa shape index (κ1) is 56.5. The zero-order valence-corrected chi connectivity index (χ0v) is 36.9. The largest absolute Gasteiger partial charge is 1.00 e. The van der Waals surface area contributed by atoms with Gasteiger partial charge in [0.1, 0.15) is 31.8 Å². The molecule has 0 aliphatic heterocycles. The van der Waals surface area contributed by atoms with Crippen molar-refractivity contribution in [3.8, 4) is 0 Å². The first-order chi connectivity index (χ1) is 29.0. The summed E-state index contributed by atoms with van der Waals surface area (Å²) in [6, 6.07) is 0. The summed E-state index contributed by atoms with van der Waals surface area (Å²) in [5.41, 5.74) is -2.33. The summed E-state index contributed by atoms with van der Waals surface area (Å²) in [7, 11) is 1.45. The van der Waals surface area contributed by atoms with Crippen molar-refractivity contribution in [1.82, 2.24) is 0 Å². The molecule has 0 aromatic heterocycles. The van der Waals surface area contributed by atoms with Crippen molar-refractivity contribution in [2.45, 2.75) is 96.3 Å². The van der Waals surface area contributed by atoms with Crippen molar-refractivity contribution in [3.05, 3.63) is 66.9 Å². The molecule has 6 N–H and O–H groups in total. The van der Waals surface area contributed by atoms with E-state index >= 15 is 0 Å². The van der Waals surface area contributed by atoms with Gasteiger partial charge in [-0.3, -0.25) is 24.0 Å². The van der Waals surface area contributed by atoms with Gasteiger partial charge in [0.2, 0.25) is 0 Å². The molecule has 0 aromatic carbocycles. The minimum absolute atomic E-state index is 0. The normalized spacial score (nSPS) is 23.5. The number of nitrogens with two attached hydrogens (primary N) is 1. The molecule has 15 nitrogen and oxygen atoms in total. The predicted molar refractivity (Wildman–Crippen MR) is 227 cm³/mol. The van der Waals surface area contributed by atoms with Gasteiger partial charge in [0.15, 0.2) is 0 Å². The van der Waals surface area contributed by atoms with Gasteiger partial charge in [-0.05, 0) is 96.3 Å². The Morgan fingerprint density at radius 2 is 0.645 bits per heavy atom. The molecule has 5 atom stereocenters. The number of aliphatic hydroxyl groups is 4. The third-order valence-corrected chi connectivity index (χ3v) is 11.6. The van der Waals surface area contributed by atoms with E-state index in [4.69, 9.17) is 39.4 Å². The van der Waals surface area contributed by atoms with E-state index in [1.165, 1.54) is 7.11 Å². The van der Waals surface area contributed by atoms with E-state index in [2.05, 4.69) is 10.8 Å². The number of allylic oxidation sites excluding steroid dienone is 10. The molecule has 62 heavy (non-hydrogen) atoms. The molecule has 0 heterocycles. The maximum atomic E-state index is 13.0. The van der Waals surface area contributed by atoms with E-state index in [0.717, 1.165) is 44.9 Å². The number of hydrogen-bond donors (Lipinski definition) is 4. The number of carbonyl (C=O) groups is 5. The number of ether oxygens (including phenoxy) is 5. The molecule has 0 amide bonds. The van der Waals surface area contributed by atoms with Crippen LogP contribution in [-0.2, 0) is 47.7 Å². The van der Waals surface area contributed by atoms with E-state index in [0.29, 0.717) is 51.4 Å². The van der Waals surface area contributed by atoms with E-state index in [1.54, 1.807) is 0 Å². The molecule has 0 aromatic rings. The van der Waals surface area contributed by atoms with Gasteiger partial charge in [0, 0.05) is 0 Å². The van der Waals surface area contributed by atoms with Crippen LogP contribution in [0, 0.1) is 40.4 Å². The van der Waals surface area contributed by atoms with Gasteiger partial charge in [0.25, 0.3) is 0 Å². The van der Waals surface area contributed by atoms with Crippen molar-refractivity contribution in [2.24, 2.45) is 40.4 Å². The fraction of sp³-hybridized carbons (Fsp3) is 0.674. The number of aliphatic hydroxyl groups excluding tert-OH is 4. The van der Waals surface area contributed by atoms with Crippen LogP contribution < -0.4 is 18.9 Å². The van der Waals surface area contributed by atoms with Gasteiger partial charge in [0.05, 0.1) is 68.5 Å². The van der Waals surface area contributed by atoms with Gasteiger partial charge in [-0.1, -0.05) is 60.8 Å². The van der Waals surface area contributed by atoms with Crippen LogP contribution in [0.25, 0.3) is 6.15 Å². The second kappa shape index (κ2) is 31.3. The minimum atomic E-state index is -1.22. The Balaban J connectivity index is 0.000000756. The number of carbonyl (C=O) groups excluding carboxylic acids is 5. The van der Waals surface area contributed by atoms with Crippen LogP contribution in [0.1, 0.15) is 96.3 Å². The van der Waals surface area contributed by atoms with Crippen LogP contribution in [0.2, 0.25) is 0 Å². The summed E-state index contributed by atoms with van der Waals surface area (Å²) in [6.07, 6.45) is 31.5. The van der Waals surface area contributed by atoms with Crippen LogP contribution >= 0.6 is 0 Å². The average molecular weight is 868 g/mol. The Labute approximate surface area is 379 Å². The zero-order chi connectivity index (χ0) is 43.6. The first-order valence-corrected chi connectivity index (χ1v) is 21.5. The van der Waals surface area contributed by atoms with Gasteiger partial charge >= 0.3 is 48.7 Å². The number of rotatable bonds is 17. The molecule has 344 valence electrons. The number of esters is 5. The smallest absolute Gasteiger partial charge is 0.693 e. The average Bonchev–Trinajstić information content (AvgIpc) is 3.33. The molecule has 5 aliphatic carbocycles. The summed E-state index contributed by atoms with van der Waals surface area (Å²) in [5, 5.41) is 34.0. The summed E-state index contributed by atoms with van der Waals surface area (Å²) < 4.78 is 27.8. The molecule has 0 bridgehead atoms. The maximum Gasteiger partial charge on any atom is 1.00 e. The molecule has 0 spiro atoms. The van der Waals surface area contributed by atoms with Crippen LogP contribution in [0.4, 0.5) is 0 Å². The fourth-order valence-electron chi connectivity index (χ4n) is 7.12. The Morgan fingerprint density at radius 1 is 0.419 bits per heavy atom. The Kier molecular flexibility index (Phi) is 28.5. The number of hydrogen-bond acceptors (Lipinski definition) is 14. The Hall–Kier alpha value is -3.55. The summed E-state index contributed by atoms with van der Waals surface area (Å²) in [4.78, 5) is 62.9. The molecule has 0 radical (unpaired) electrons. The van der Waals surface area contributed by atoms with Crippen LogP contribution in [0.15, 0.2) is 60.8 Å². The summed E-state index contributed by atoms with van der Waals surface area (Å²) in [6.45, 7) is -2.40. The molecular formula is C46H70LiNO14. The van der Waals surface area contributed by atoms with Gasteiger partial charge < -0.3 is 50.3 Å². The molecule has 0 saturated heterocycles.